The lowest BCUT2D eigenvalue weighted by atomic mass is 9.83. The maximum Gasteiger partial charge on any atom is 0.269 e. The predicted octanol–water partition coefficient (Wildman–Crippen LogP) is 14.9. The standard InChI is InChI=1S/C72H66N4OSi/c1-70(2,3)51-26-23-25-50(43-51)62-44-53(72(7,8)9)45-67(78(57-29-13-10-14-30-57,58-31-15-11-16-32-58)59-33-17-12-18-34-59)69(62)75-49-74(64-37-21-22-38-65(64)75)54-27-24-28-55(47-54)77-56-39-40-61-60-35-19-20-36-63(60)76(66(61)48-56)68-46-52(41-42-73-68)71(4,5)6/h10-48H,1-9H3/i10D,11D,12D,13D,14D,15D,16D,17D,18D,29D,30D,31D,32D,33D,34D. The SMILES string of the molecule is [2H]c1c([2H])c([2H])c([Si](c2cc(C(C)(C)C)cc(-c3cccc(C(C)(C)C)c3)c2-[n+]2[c-]n(-c3cccc(Oc4ccc5c6ccccc6n(-c6cc(C(C)(C)C)ccn6)c5c4)c3)c3ccccc32)(c2c([2H])c([2H])c([2H])c([2H])c2[2H])c2c([2H])c([2H])c([2H])c([2H])c2[2H])c([2H])c1[2H]. The zero-order valence-electron chi connectivity index (χ0n) is 60.1. The third-order valence-electron chi connectivity index (χ3n) is 14.6. The van der Waals surface area contributed by atoms with Gasteiger partial charge in [0.2, 0.25) is 0 Å². The third-order valence-corrected chi connectivity index (χ3v) is 18.8. The van der Waals surface area contributed by atoms with Crippen molar-refractivity contribution in [3.05, 3.63) is 259 Å². The van der Waals surface area contributed by atoms with Gasteiger partial charge in [0.1, 0.15) is 17.3 Å². The molecule has 0 bridgehead atoms. The number of hydrogen-bond donors (Lipinski definition) is 0. The summed E-state index contributed by atoms with van der Waals surface area (Å²) in [7, 11) is -5.82. The van der Waals surface area contributed by atoms with Crippen molar-refractivity contribution in [1.82, 2.24) is 14.1 Å². The van der Waals surface area contributed by atoms with Crippen molar-refractivity contribution in [2.45, 2.75) is 78.6 Å². The van der Waals surface area contributed by atoms with E-state index in [0.29, 0.717) is 44.9 Å². The van der Waals surface area contributed by atoms with Crippen LogP contribution in [0.1, 0.15) is 99.6 Å². The molecule has 12 aromatic rings. The first kappa shape index (κ1) is 35.7. The van der Waals surface area contributed by atoms with Crippen LogP contribution in [0, 0.1) is 6.33 Å². The Balaban J connectivity index is 1.22. The summed E-state index contributed by atoms with van der Waals surface area (Å²) in [6, 6.07) is 31.7. The summed E-state index contributed by atoms with van der Waals surface area (Å²) < 4.78 is 156. The fourth-order valence-corrected chi connectivity index (χ4v) is 14.6. The van der Waals surface area contributed by atoms with Crippen LogP contribution in [0.5, 0.6) is 11.5 Å². The van der Waals surface area contributed by atoms with Gasteiger partial charge in [-0.3, -0.25) is 13.7 Å². The molecule has 384 valence electrons. The molecule has 0 spiro atoms. The zero-order chi connectivity index (χ0) is 67.0. The second-order valence-electron chi connectivity index (χ2n) is 22.8. The topological polar surface area (TPSA) is 35.9 Å². The Morgan fingerprint density at radius 1 is 0.500 bits per heavy atom. The van der Waals surface area contributed by atoms with Crippen LogP contribution >= 0.6 is 0 Å². The molecule has 9 aromatic carbocycles. The molecule has 12 rings (SSSR count). The lowest BCUT2D eigenvalue weighted by Gasteiger charge is -2.38. The quantitative estimate of drug-likeness (QED) is 0.0592. The van der Waals surface area contributed by atoms with Crippen LogP contribution in [-0.4, -0.2) is 22.2 Å². The molecule has 3 heterocycles. The van der Waals surface area contributed by atoms with Crippen molar-refractivity contribution < 1.29 is 29.9 Å². The van der Waals surface area contributed by atoms with Crippen LogP contribution < -0.4 is 30.1 Å². The monoisotopic (exact) mass is 1050 g/mol. The average Bonchev–Trinajstić information content (AvgIpc) is 0.763. The molecule has 0 amide bonds. The van der Waals surface area contributed by atoms with E-state index in [4.69, 9.17) is 13.8 Å². The van der Waals surface area contributed by atoms with E-state index in [-0.39, 0.29) is 16.3 Å². The molecule has 0 aliphatic heterocycles. The van der Waals surface area contributed by atoms with Crippen molar-refractivity contribution in [2.75, 3.05) is 0 Å². The first-order valence-corrected chi connectivity index (χ1v) is 28.0. The molecule has 0 fully saturated rings. The molecule has 0 saturated heterocycles. The van der Waals surface area contributed by atoms with Crippen LogP contribution in [0.15, 0.2) is 236 Å². The first-order valence-electron chi connectivity index (χ1n) is 33.5. The highest BCUT2D eigenvalue weighted by Gasteiger charge is 2.45. The van der Waals surface area contributed by atoms with Gasteiger partial charge in [-0.15, -0.1) is 0 Å². The van der Waals surface area contributed by atoms with Gasteiger partial charge in [-0.1, -0.05) is 238 Å². The van der Waals surface area contributed by atoms with Crippen molar-refractivity contribution in [3.8, 4) is 39.8 Å². The number of benzene rings is 9. The number of rotatable bonds is 10. The van der Waals surface area contributed by atoms with Crippen LogP contribution in [0.3, 0.4) is 0 Å². The Morgan fingerprint density at radius 3 is 1.73 bits per heavy atom. The van der Waals surface area contributed by atoms with Crippen LogP contribution in [0.4, 0.5) is 0 Å². The molecule has 5 nitrogen and oxygen atoms in total. The molecular formula is C72H66N4OSi. The first-order chi connectivity index (χ1) is 43.8. The molecule has 0 N–H and O–H groups in total. The summed E-state index contributed by atoms with van der Waals surface area (Å²) in [5, 5.41) is 0.211. The normalized spacial score (nSPS) is 15.1. The number of imidazole rings is 1. The van der Waals surface area contributed by atoms with E-state index in [1.165, 1.54) is 0 Å². The number of aromatic nitrogens is 4. The van der Waals surface area contributed by atoms with E-state index in [2.05, 4.69) is 70.6 Å². The molecule has 3 aromatic heterocycles. The Bertz CT molecular complexity index is 4860. The van der Waals surface area contributed by atoms with E-state index in [1.807, 2.05) is 142 Å². The van der Waals surface area contributed by atoms with Gasteiger partial charge in [0.25, 0.3) is 6.33 Å². The van der Waals surface area contributed by atoms with Crippen LogP contribution in [0.2, 0.25) is 0 Å². The summed E-state index contributed by atoms with van der Waals surface area (Å²) in [5.41, 5.74) is 5.77. The minimum Gasteiger partial charge on any atom is -0.458 e. The van der Waals surface area contributed by atoms with Crippen molar-refractivity contribution in [1.29, 1.82) is 0 Å². The number of fused-ring (bicyclic) bond motifs is 4. The summed E-state index contributed by atoms with van der Waals surface area (Å²) >= 11 is 0. The molecule has 0 unspecified atom stereocenters. The minimum atomic E-state index is -5.82. The van der Waals surface area contributed by atoms with E-state index in [0.717, 1.165) is 38.8 Å². The Kier molecular flexibility index (Phi) is 8.90. The highest BCUT2D eigenvalue weighted by atomic mass is 28.3. The molecular weight excluding hydrogens is 965 g/mol. The number of nitrogens with zero attached hydrogens (tertiary/aromatic N) is 4. The van der Waals surface area contributed by atoms with Gasteiger partial charge in [0.15, 0.2) is 8.07 Å². The number of para-hydroxylation sites is 3. The molecule has 0 aliphatic rings. The van der Waals surface area contributed by atoms with Crippen molar-refractivity contribution in [2.24, 2.45) is 0 Å². The number of ether oxygens (including phenoxy) is 1. The summed E-state index contributed by atoms with van der Waals surface area (Å²) in [4.78, 5) is 4.87. The van der Waals surface area contributed by atoms with Gasteiger partial charge in [-0.05, 0) is 113 Å². The smallest absolute Gasteiger partial charge is 0.269 e. The number of pyridine rings is 1. The minimum absolute atomic E-state index is 0.0314. The van der Waals surface area contributed by atoms with E-state index in [9.17, 15) is 16.4 Å². The van der Waals surface area contributed by atoms with E-state index < -0.39 is 125 Å². The maximum atomic E-state index is 10.1. The van der Waals surface area contributed by atoms with E-state index in [1.54, 1.807) is 15.2 Å². The van der Waals surface area contributed by atoms with Gasteiger partial charge >= 0.3 is 0 Å². The Labute approximate surface area is 481 Å². The number of hydrogen-bond acceptors (Lipinski definition) is 2. The van der Waals surface area contributed by atoms with Gasteiger partial charge in [0.05, 0.1) is 54.0 Å². The fraction of sp³-hybridized carbons (Fsp3) is 0.167. The van der Waals surface area contributed by atoms with Gasteiger partial charge in [-0.25, -0.2) is 4.98 Å². The molecule has 0 aliphatic carbocycles. The summed E-state index contributed by atoms with van der Waals surface area (Å²) in [6.07, 6.45) is 5.49. The second-order valence-corrected chi connectivity index (χ2v) is 26.3. The molecule has 0 radical (unpaired) electrons. The lowest BCUT2D eigenvalue weighted by Crippen LogP contribution is -2.76. The molecule has 0 atom stereocenters. The highest BCUT2D eigenvalue weighted by molar-refractivity contribution is 7.20. The molecule has 78 heavy (non-hydrogen) atoms. The Hall–Kier alpha value is -8.58. The van der Waals surface area contributed by atoms with Gasteiger partial charge < -0.3 is 4.74 Å². The lowest BCUT2D eigenvalue weighted by molar-refractivity contribution is -0.570. The second kappa shape index (κ2) is 19.5. The summed E-state index contributed by atoms with van der Waals surface area (Å²) in [6.45, 7) is 18.5. The third kappa shape index (κ3) is 8.94. The molecule has 6 heteroatoms. The van der Waals surface area contributed by atoms with Gasteiger partial charge in [0, 0.05) is 23.0 Å². The highest BCUT2D eigenvalue weighted by Crippen LogP contribution is 2.38. The molecule has 0 saturated carbocycles. The summed E-state index contributed by atoms with van der Waals surface area (Å²) in [5.74, 6) is 1.74. The Morgan fingerprint density at radius 2 is 1.08 bits per heavy atom. The van der Waals surface area contributed by atoms with E-state index >= 15 is 0 Å². The van der Waals surface area contributed by atoms with Crippen LogP contribution in [-0.2, 0) is 16.2 Å². The zero-order valence-corrected chi connectivity index (χ0v) is 46.1. The fourth-order valence-electron chi connectivity index (χ4n) is 10.6. The maximum absolute atomic E-state index is 10.1. The van der Waals surface area contributed by atoms with Gasteiger partial charge in [-0.2, -0.15) is 0 Å². The largest absolute Gasteiger partial charge is 0.458 e. The van der Waals surface area contributed by atoms with Crippen molar-refractivity contribution >= 4 is 61.7 Å². The van der Waals surface area contributed by atoms with Crippen molar-refractivity contribution in [3.63, 3.8) is 0 Å². The van der Waals surface area contributed by atoms with Crippen LogP contribution in [0.25, 0.3) is 61.2 Å². The predicted molar refractivity (Wildman–Crippen MR) is 327 cm³/mol. The average molecular weight is 1050 g/mol.